The molecule has 0 amide bonds. The highest BCUT2D eigenvalue weighted by Gasteiger charge is 2.19. The van der Waals surface area contributed by atoms with Crippen molar-refractivity contribution >= 4 is 33.2 Å². The zero-order valence-corrected chi connectivity index (χ0v) is 14.5. The highest BCUT2D eigenvalue weighted by molar-refractivity contribution is 7.89. The monoisotopic (exact) mass is 353 g/mol. The van der Waals surface area contributed by atoms with Crippen molar-refractivity contribution in [2.45, 2.75) is 44.6 Å². The van der Waals surface area contributed by atoms with Crippen LogP contribution in [0.25, 0.3) is 0 Å². The predicted molar refractivity (Wildman–Crippen MR) is 86.3 cm³/mol. The Morgan fingerprint density at radius 1 is 1.19 bits per heavy atom. The fourth-order valence-electron chi connectivity index (χ4n) is 1.86. The minimum Gasteiger partial charge on any atom is -0.392 e. The molecule has 21 heavy (non-hydrogen) atoms. The molecule has 1 aromatic carbocycles. The summed E-state index contributed by atoms with van der Waals surface area (Å²) in [6.45, 7) is 4.29. The summed E-state index contributed by atoms with van der Waals surface area (Å²) in [6.07, 6.45) is 2.81. The van der Waals surface area contributed by atoms with Crippen molar-refractivity contribution in [2.24, 2.45) is 5.92 Å². The number of halogens is 2. The fraction of sp³-hybridized carbons (Fsp3) is 0.571. The van der Waals surface area contributed by atoms with Crippen LogP contribution in [0, 0.1) is 5.92 Å². The van der Waals surface area contributed by atoms with Crippen LogP contribution in [0.1, 0.15) is 38.7 Å². The molecule has 0 radical (unpaired) electrons. The molecule has 1 aromatic rings. The van der Waals surface area contributed by atoms with Gasteiger partial charge in [0.1, 0.15) is 4.90 Å². The molecular formula is C14H21Cl2NO3S. The predicted octanol–water partition coefficient (Wildman–Crippen LogP) is 3.59. The van der Waals surface area contributed by atoms with Gasteiger partial charge in [-0.15, -0.1) is 0 Å². The first-order valence-electron chi connectivity index (χ1n) is 6.86. The third-order valence-electron chi connectivity index (χ3n) is 3.06. The zero-order chi connectivity index (χ0) is 16.0. The van der Waals surface area contributed by atoms with E-state index in [0.29, 0.717) is 18.0 Å². The van der Waals surface area contributed by atoms with Gasteiger partial charge in [0.15, 0.2) is 0 Å². The van der Waals surface area contributed by atoms with Gasteiger partial charge in [0.25, 0.3) is 0 Å². The van der Waals surface area contributed by atoms with Crippen molar-refractivity contribution in [3.05, 3.63) is 27.7 Å². The first-order chi connectivity index (χ1) is 9.77. The summed E-state index contributed by atoms with van der Waals surface area (Å²) in [5, 5.41) is 9.45. The molecule has 0 fully saturated rings. The van der Waals surface area contributed by atoms with E-state index in [1.165, 1.54) is 12.1 Å². The number of benzene rings is 1. The minimum absolute atomic E-state index is 0.0480. The highest BCUT2D eigenvalue weighted by Crippen LogP contribution is 2.28. The van der Waals surface area contributed by atoms with E-state index in [-0.39, 0.29) is 21.5 Å². The molecule has 0 spiro atoms. The zero-order valence-electron chi connectivity index (χ0n) is 12.2. The molecule has 0 heterocycles. The Hall–Kier alpha value is -0.330. The van der Waals surface area contributed by atoms with Gasteiger partial charge >= 0.3 is 0 Å². The molecule has 0 aliphatic heterocycles. The Bertz CT molecular complexity index is 574. The topological polar surface area (TPSA) is 66.4 Å². The van der Waals surface area contributed by atoms with Crippen molar-refractivity contribution in [2.75, 3.05) is 6.54 Å². The highest BCUT2D eigenvalue weighted by atomic mass is 35.5. The summed E-state index contributed by atoms with van der Waals surface area (Å²) in [5.41, 5.74) is 0.334. The first-order valence-corrected chi connectivity index (χ1v) is 9.10. The van der Waals surface area contributed by atoms with E-state index >= 15 is 0 Å². The summed E-state index contributed by atoms with van der Waals surface area (Å²) in [7, 11) is -3.69. The number of hydrogen-bond donors (Lipinski definition) is 2. The van der Waals surface area contributed by atoms with E-state index < -0.39 is 10.0 Å². The van der Waals surface area contributed by atoms with Gasteiger partial charge in [-0.05, 0) is 30.0 Å². The second-order valence-electron chi connectivity index (χ2n) is 5.32. The molecule has 2 N–H and O–H groups in total. The minimum atomic E-state index is -3.69. The van der Waals surface area contributed by atoms with Gasteiger partial charge in [0.05, 0.1) is 11.6 Å². The van der Waals surface area contributed by atoms with Gasteiger partial charge in [0.2, 0.25) is 10.0 Å². The number of rotatable bonds is 8. The molecular weight excluding hydrogens is 333 g/mol. The maximum atomic E-state index is 12.2. The van der Waals surface area contributed by atoms with Crippen LogP contribution in [0.3, 0.4) is 0 Å². The van der Waals surface area contributed by atoms with Crippen molar-refractivity contribution in [3.63, 3.8) is 0 Å². The Balaban J connectivity index is 2.74. The molecule has 0 saturated heterocycles. The fourth-order valence-corrected chi connectivity index (χ4v) is 3.79. The third-order valence-corrected chi connectivity index (χ3v) is 5.34. The van der Waals surface area contributed by atoms with E-state index in [0.717, 1.165) is 19.3 Å². The second kappa shape index (κ2) is 8.34. The van der Waals surface area contributed by atoms with Gasteiger partial charge in [-0.2, -0.15) is 0 Å². The molecule has 0 atom stereocenters. The third kappa shape index (κ3) is 5.75. The summed E-state index contributed by atoms with van der Waals surface area (Å²) in [4.78, 5) is -0.0542. The number of hydrogen-bond acceptors (Lipinski definition) is 3. The van der Waals surface area contributed by atoms with E-state index in [1.54, 1.807) is 0 Å². The Morgan fingerprint density at radius 3 is 2.43 bits per heavy atom. The molecule has 0 aliphatic rings. The van der Waals surface area contributed by atoms with Crippen LogP contribution in [0.5, 0.6) is 0 Å². The van der Waals surface area contributed by atoms with Gasteiger partial charge in [-0.25, -0.2) is 13.1 Å². The van der Waals surface area contributed by atoms with E-state index in [4.69, 9.17) is 28.3 Å². The Kier molecular flexibility index (Phi) is 7.44. The molecule has 1 rings (SSSR count). The standard InChI is InChI=1S/C14H21Cl2NO3S/c1-10(2)5-3-4-6-17-21(19,20)14-7-11(9-18)12(15)8-13(14)16/h7-8,10,17-18H,3-6,9H2,1-2H3. The number of aliphatic hydroxyl groups is 1. The lowest BCUT2D eigenvalue weighted by Crippen LogP contribution is -2.25. The van der Waals surface area contributed by atoms with Crippen molar-refractivity contribution in [3.8, 4) is 0 Å². The number of nitrogens with one attached hydrogen (secondary N) is 1. The van der Waals surface area contributed by atoms with Crippen LogP contribution < -0.4 is 4.72 Å². The average molecular weight is 354 g/mol. The molecule has 0 aliphatic carbocycles. The van der Waals surface area contributed by atoms with Crippen LogP contribution in [0.2, 0.25) is 10.0 Å². The summed E-state index contributed by atoms with van der Waals surface area (Å²) < 4.78 is 26.9. The van der Waals surface area contributed by atoms with Gasteiger partial charge in [0, 0.05) is 11.6 Å². The quantitative estimate of drug-likeness (QED) is 0.701. The van der Waals surface area contributed by atoms with Crippen molar-refractivity contribution < 1.29 is 13.5 Å². The van der Waals surface area contributed by atoms with Crippen LogP contribution in [0.15, 0.2) is 17.0 Å². The Morgan fingerprint density at radius 2 is 1.86 bits per heavy atom. The largest absolute Gasteiger partial charge is 0.392 e. The normalized spacial score (nSPS) is 12.1. The average Bonchev–Trinajstić information content (AvgIpc) is 2.37. The maximum absolute atomic E-state index is 12.2. The van der Waals surface area contributed by atoms with E-state index in [1.807, 2.05) is 0 Å². The molecule has 0 unspecified atom stereocenters. The van der Waals surface area contributed by atoms with Gasteiger partial charge < -0.3 is 5.11 Å². The number of sulfonamides is 1. The smallest absolute Gasteiger partial charge is 0.242 e. The molecule has 4 nitrogen and oxygen atoms in total. The molecule has 0 bridgehead atoms. The lowest BCUT2D eigenvalue weighted by molar-refractivity contribution is 0.281. The first kappa shape index (κ1) is 18.7. The van der Waals surface area contributed by atoms with Gasteiger partial charge in [-0.1, -0.05) is 49.9 Å². The van der Waals surface area contributed by atoms with Crippen LogP contribution in [-0.4, -0.2) is 20.1 Å². The number of unbranched alkanes of at least 4 members (excludes halogenated alkanes) is 1. The molecule has 0 saturated carbocycles. The maximum Gasteiger partial charge on any atom is 0.242 e. The summed E-state index contributed by atoms with van der Waals surface area (Å²) >= 11 is 11.8. The van der Waals surface area contributed by atoms with Crippen LogP contribution >= 0.6 is 23.2 Å². The summed E-state index contributed by atoms with van der Waals surface area (Å²) in [5.74, 6) is 0.611. The van der Waals surface area contributed by atoms with Crippen LogP contribution in [0.4, 0.5) is 0 Å². The lowest BCUT2D eigenvalue weighted by atomic mass is 10.1. The lowest BCUT2D eigenvalue weighted by Gasteiger charge is -2.11. The van der Waals surface area contributed by atoms with Crippen molar-refractivity contribution in [1.29, 1.82) is 0 Å². The van der Waals surface area contributed by atoms with Gasteiger partial charge in [-0.3, -0.25) is 0 Å². The molecule has 7 heteroatoms. The second-order valence-corrected chi connectivity index (χ2v) is 7.87. The number of aliphatic hydroxyl groups excluding tert-OH is 1. The Labute approximate surface area is 136 Å². The molecule has 0 aromatic heterocycles. The van der Waals surface area contributed by atoms with E-state index in [9.17, 15) is 8.42 Å². The molecule has 120 valence electrons. The SMILES string of the molecule is CC(C)CCCCNS(=O)(=O)c1cc(CO)c(Cl)cc1Cl. The van der Waals surface area contributed by atoms with E-state index in [2.05, 4.69) is 18.6 Å². The van der Waals surface area contributed by atoms with Crippen LogP contribution in [-0.2, 0) is 16.6 Å². The summed E-state index contributed by atoms with van der Waals surface area (Å²) in [6, 6.07) is 2.64. The van der Waals surface area contributed by atoms with Crippen molar-refractivity contribution in [1.82, 2.24) is 4.72 Å².